The maximum absolute atomic E-state index is 12.7. The summed E-state index contributed by atoms with van der Waals surface area (Å²) in [5, 5.41) is 22.3. The third-order valence-electron chi connectivity index (χ3n) is 6.67. The summed E-state index contributed by atoms with van der Waals surface area (Å²) in [5.41, 5.74) is -0.637. The number of hydrogen-bond donors (Lipinski definition) is 3. The van der Waals surface area contributed by atoms with E-state index in [-0.39, 0.29) is 48.2 Å². The summed E-state index contributed by atoms with van der Waals surface area (Å²) in [6.45, 7) is 6.84. The third-order valence-corrected chi connectivity index (χ3v) is 6.67. The van der Waals surface area contributed by atoms with Crippen LogP contribution in [0.25, 0.3) is 0 Å². The van der Waals surface area contributed by atoms with Gasteiger partial charge in [0.25, 0.3) is 5.91 Å². The lowest BCUT2D eigenvalue weighted by molar-refractivity contribution is -0.355. The Bertz CT molecular complexity index is 918. The van der Waals surface area contributed by atoms with Gasteiger partial charge in [-0.3, -0.25) is 14.4 Å². The Kier molecular flexibility index (Phi) is 5.20. The second-order valence-electron chi connectivity index (χ2n) is 8.84. The Morgan fingerprint density at radius 2 is 1.97 bits per heavy atom. The molecule has 7 atom stereocenters. The number of Topliss-reactive ketones (excluding diaryl/α,β-unsaturated/α-hetero) is 2. The zero-order chi connectivity index (χ0) is 22.7. The highest BCUT2D eigenvalue weighted by molar-refractivity contribution is 6.25. The van der Waals surface area contributed by atoms with Gasteiger partial charge in [0, 0.05) is 11.8 Å². The molecule has 0 spiro atoms. The normalized spacial score (nSPS) is 42.5. The molecule has 0 unspecified atom stereocenters. The second-order valence-corrected chi connectivity index (χ2v) is 8.84. The molecule has 9 nitrogen and oxygen atoms in total. The number of rotatable bonds is 5. The lowest BCUT2D eigenvalue weighted by atomic mass is 9.78. The summed E-state index contributed by atoms with van der Waals surface area (Å²) in [6, 6.07) is 0. The monoisotopic (exact) mass is 433 g/mol. The zero-order valence-electron chi connectivity index (χ0n) is 17.9. The molecule has 4 saturated heterocycles. The smallest absolute Gasteiger partial charge is 0.259 e. The zero-order valence-corrected chi connectivity index (χ0v) is 17.9. The molecule has 31 heavy (non-hydrogen) atoms. The molecule has 0 aromatic carbocycles. The van der Waals surface area contributed by atoms with Crippen molar-refractivity contribution in [2.45, 2.75) is 57.4 Å². The number of carbonyl (C=O) groups excluding carboxylic acids is 3. The van der Waals surface area contributed by atoms with E-state index in [0.29, 0.717) is 0 Å². The summed E-state index contributed by atoms with van der Waals surface area (Å²) < 4.78 is 17.8. The van der Waals surface area contributed by atoms with Crippen LogP contribution in [0.4, 0.5) is 0 Å². The van der Waals surface area contributed by atoms with Gasteiger partial charge in [-0.2, -0.15) is 0 Å². The predicted octanol–water partition coefficient (Wildman–Crippen LogP) is 0.485. The number of ether oxygens (including phenoxy) is 3. The molecule has 1 amide bonds. The van der Waals surface area contributed by atoms with Crippen molar-refractivity contribution in [2.24, 2.45) is 11.8 Å². The number of epoxide rings is 1. The van der Waals surface area contributed by atoms with Gasteiger partial charge in [0.1, 0.15) is 17.4 Å². The first kappa shape index (κ1) is 21.9. The molecule has 2 bridgehead atoms. The SMILES string of the molecule is CC(C=CC(O)=C1C(=O)CNC1=O)=C[C@@H](C)[C@H]1O[C@@]2(C)O[C@H](C(=O)[C@@H]3O[C@@]32CO)[C@@H]1C. The highest BCUT2D eigenvalue weighted by atomic mass is 16.8. The van der Waals surface area contributed by atoms with E-state index in [1.807, 2.05) is 26.8 Å². The Labute approximate surface area is 179 Å². The molecule has 4 rings (SSSR count). The van der Waals surface area contributed by atoms with E-state index in [0.717, 1.165) is 5.57 Å². The molecule has 0 aromatic heterocycles. The van der Waals surface area contributed by atoms with Gasteiger partial charge < -0.3 is 29.7 Å². The minimum Gasteiger partial charge on any atom is -0.507 e. The van der Waals surface area contributed by atoms with Crippen molar-refractivity contribution in [1.29, 1.82) is 0 Å². The fraction of sp³-hybridized carbons (Fsp3) is 0.591. The number of nitrogens with one attached hydrogen (secondary N) is 1. The van der Waals surface area contributed by atoms with Crippen molar-refractivity contribution < 1.29 is 38.8 Å². The number of ketones is 2. The highest BCUT2D eigenvalue weighted by Gasteiger charge is 2.78. The van der Waals surface area contributed by atoms with Crippen LogP contribution in [-0.2, 0) is 28.6 Å². The van der Waals surface area contributed by atoms with Crippen LogP contribution < -0.4 is 5.32 Å². The lowest BCUT2D eigenvalue weighted by Crippen LogP contribution is -2.67. The maximum Gasteiger partial charge on any atom is 0.259 e. The van der Waals surface area contributed by atoms with E-state index in [1.54, 1.807) is 13.0 Å². The number of hydrogen-bond acceptors (Lipinski definition) is 8. The number of aliphatic hydroxyl groups is 2. The predicted molar refractivity (Wildman–Crippen MR) is 107 cm³/mol. The molecule has 0 aromatic rings. The minimum absolute atomic E-state index is 0.116. The van der Waals surface area contributed by atoms with Gasteiger partial charge in [0.2, 0.25) is 5.79 Å². The second kappa shape index (κ2) is 7.37. The van der Waals surface area contributed by atoms with E-state index < -0.39 is 35.3 Å². The fourth-order valence-electron chi connectivity index (χ4n) is 4.82. The third kappa shape index (κ3) is 3.27. The number of aliphatic hydroxyl groups excluding tert-OH is 2. The van der Waals surface area contributed by atoms with Crippen LogP contribution in [0.1, 0.15) is 27.7 Å². The van der Waals surface area contributed by atoms with Crippen molar-refractivity contribution in [3.05, 3.63) is 35.1 Å². The Morgan fingerprint density at radius 3 is 2.58 bits per heavy atom. The molecule has 168 valence electrons. The molecule has 3 N–H and O–H groups in total. The topological polar surface area (TPSA) is 135 Å². The highest BCUT2D eigenvalue weighted by Crippen LogP contribution is 2.57. The molecule has 4 aliphatic heterocycles. The summed E-state index contributed by atoms with van der Waals surface area (Å²) in [4.78, 5) is 36.0. The molecular formula is C22H27NO8. The van der Waals surface area contributed by atoms with E-state index >= 15 is 0 Å². The van der Waals surface area contributed by atoms with Crippen LogP contribution in [0, 0.1) is 11.8 Å². The van der Waals surface area contributed by atoms with E-state index in [1.165, 1.54) is 6.08 Å². The van der Waals surface area contributed by atoms with Crippen molar-refractivity contribution in [1.82, 2.24) is 5.32 Å². The average Bonchev–Trinajstić information content (AvgIpc) is 3.40. The van der Waals surface area contributed by atoms with E-state index in [9.17, 15) is 24.6 Å². The molecule has 0 aliphatic carbocycles. The van der Waals surface area contributed by atoms with Crippen LogP contribution in [0.2, 0.25) is 0 Å². The van der Waals surface area contributed by atoms with Gasteiger partial charge in [-0.25, -0.2) is 0 Å². The van der Waals surface area contributed by atoms with E-state index in [4.69, 9.17) is 14.2 Å². The Balaban J connectivity index is 1.53. The van der Waals surface area contributed by atoms with Crippen molar-refractivity contribution in [2.75, 3.05) is 13.2 Å². The van der Waals surface area contributed by atoms with Crippen LogP contribution in [0.15, 0.2) is 35.1 Å². The molecule has 4 aliphatic rings. The largest absolute Gasteiger partial charge is 0.507 e. The molecule has 4 heterocycles. The Hall–Kier alpha value is -2.33. The number of carbonyl (C=O) groups is 3. The number of fused-ring (bicyclic) bond motifs is 4. The van der Waals surface area contributed by atoms with Gasteiger partial charge in [0.15, 0.2) is 23.3 Å². The molecule has 4 fully saturated rings. The minimum atomic E-state index is -1.23. The van der Waals surface area contributed by atoms with Crippen molar-refractivity contribution in [3.8, 4) is 0 Å². The van der Waals surface area contributed by atoms with Gasteiger partial charge in [-0.1, -0.05) is 31.6 Å². The van der Waals surface area contributed by atoms with Crippen LogP contribution in [-0.4, -0.2) is 70.5 Å². The molecule has 0 saturated carbocycles. The number of allylic oxidation sites excluding steroid dienone is 3. The Morgan fingerprint density at radius 1 is 1.26 bits per heavy atom. The summed E-state index contributed by atoms with van der Waals surface area (Å²) >= 11 is 0. The van der Waals surface area contributed by atoms with Gasteiger partial charge in [-0.15, -0.1) is 0 Å². The standard InChI is InChI=1S/C22H27NO8/c1-10(5-6-13(25)15-14(26)8-23-20(15)28)7-11(2)17-12(3)18-16(27)19-22(9-24,31-19)21(4,29-17)30-18/h5-7,11-12,17-19,24-25H,8-9H2,1-4H3,(H,23,28)/t11-,12-,17-,18+,19+,21+,22+/m1/s1. The van der Waals surface area contributed by atoms with Gasteiger partial charge >= 0.3 is 0 Å². The summed E-state index contributed by atoms with van der Waals surface area (Å²) in [6.07, 6.45) is 3.07. The maximum atomic E-state index is 12.7. The first-order chi connectivity index (χ1) is 14.5. The van der Waals surface area contributed by atoms with Crippen molar-refractivity contribution in [3.63, 3.8) is 0 Å². The summed E-state index contributed by atoms with van der Waals surface area (Å²) in [7, 11) is 0. The van der Waals surface area contributed by atoms with Crippen molar-refractivity contribution >= 4 is 17.5 Å². The fourth-order valence-corrected chi connectivity index (χ4v) is 4.82. The van der Waals surface area contributed by atoms with Crippen LogP contribution in [0.3, 0.4) is 0 Å². The van der Waals surface area contributed by atoms with Crippen LogP contribution in [0.5, 0.6) is 0 Å². The lowest BCUT2D eigenvalue weighted by Gasteiger charge is -2.51. The van der Waals surface area contributed by atoms with Gasteiger partial charge in [0.05, 0.1) is 19.3 Å². The first-order valence-corrected chi connectivity index (χ1v) is 10.3. The molecular weight excluding hydrogens is 406 g/mol. The number of amides is 1. The molecule has 0 radical (unpaired) electrons. The average molecular weight is 433 g/mol. The van der Waals surface area contributed by atoms with Gasteiger partial charge in [-0.05, 0) is 19.9 Å². The molecule has 9 heteroatoms. The quantitative estimate of drug-likeness (QED) is 0.187. The summed E-state index contributed by atoms with van der Waals surface area (Å²) in [5.74, 6) is -3.20. The first-order valence-electron chi connectivity index (χ1n) is 10.3. The van der Waals surface area contributed by atoms with E-state index in [2.05, 4.69) is 5.32 Å². The van der Waals surface area contributed by atoms with Crippen LogP contribution >= 0.6 is 0 Å².